The van der Waals surface area contributed by atoms with Crippen LogP contribution in [0.15, 0.2) is 42.2 Å². The Balaban J connectivity index is 1.78. The van der Waals surface area contributed by atoms with Gasteiger partial charge in [0.15, 0.2) is 5.78 Å². The van der Waals surface area contributed by atoms with E-state index in [0.717, 1.165) is 29.7 Å². The SMILES string of the molecule is CC(C)(O)c1ccc2c(c1)C(N1CC[C@@H](n3cccn3)C1)=C(C#N)C(=O)C2. The summed E-state index contributed by atoms with van der Waals surface area (Å²) in [6, 6.07) is 9.93. The van der Waals surface area contributed by atoms with Crippen molar-refractivity contribution in [1.82, 2.24) is 14.7 Å². The van der Waals surface area contributed by atoms with Gasteiger partial charge < -0.3 is 10.0 Å². The minimum atomic E-state index is -0.989. The molecule has 138 valence electrons. The summed E-state index contributed by atoms with van der Waals surface area (Å²) in [6.07, 6.45) is 4.83. The first-order chi connectivity index (χ1) is 12.9. The van der Waals surface area contributed by atoms with Gasteiger partial charge in [0.05, 0.1) is 17.3 Å². The molecule has 0 radical (unpaired) electrons. The number of nitriles is 1. The van der Waals surface area contributed by atoms with Crippen LogP contribution >= 0.6 is 0 Å². The zero-order chi connectivity index (χ0) is 19.2. The zero-order valence-corrected chi connectivity index (χ0v) is 15.5. The number of benzene rings is 1. The summed E-state index contributed by atoms with van der Waals surface area (Å²) >= 11 is 0. The molecule has 0 bridgehead atoms. The molecule has 1 N–H and O–H groups in total. The minimum absolute atomic E-state index is 0.140. The summed E-state index contributed by atoms with van der Waals surface area (Å²) < 4.78 is 1.94. The molecule has 6 nitrogen and oxygen atoms in total. The van der Waals surface area contributed by atoms with Crippen molar-refractivity contribution in [2.24, 2.45) is 0 Å². The number of carbonyl (C=O) groups is 1. The van der Waals surface area contributed by atoms with Crippen LogP contribution in [0.1, 0.15) is 43.0 Å². The third-order valence-electron chi connectivity index (χ3n) is 5.43. The molecule has 1 fully saturated rings. The molecule has 4 rings (SSSR count). The van der Waals surface area contributed by atoms with Crippen LogP contribution in [0.25, 0.3) is 5.70 Å². The van der Waals surface area contributed by atoms with Crippen LogP contribution in [0.5, 0.6) is 0 Å². The van der Waals surface area contributed by atoms with Crippen molar-refractivity contribution in [3.63, 3.8) is 0 Å². The molecule has 27 heavy (non-hydrogen) atoms. The van der Waals surface area contributed by atoms with E-state index in [2.05, 4.69) is 16.1 Å². The van der Waals surface area contributed by atoms with Crippen molar-refractivity contribution in [1.29, 1.82) is 5.26 Å². The molecule has 1 aromatic heterocycles. The Bertz CT molecular complexity index is 961. The Morgan fingerprint density at radius 3 is 2.85 bits per heavy atom. The van der Waals surface area contributed by atoms with Crippen LogP contribution in [-0.4, -0.2) is 38.7 Å². The average Bonchev–Trinajstić information content (AvgIpc) is 3.30. The summed E-state index contributed by atoms with van der Waals surface area (Å²) in [6.45, 7) is 4.92. The molecule has 2 aliphatic rings. The maximum atomic E-state index is 12.6. The van der Waals surface area contributed by atoms with Gasteiger partial charge in [-0.25, -0.2) is 0 Å². The molecule has 0 amide bonds. The van der Waals surface area contributed by atoms with E-state index >= 15 is 0 Å². The van der Waals surface area contributed by atoms with Crippen molar-refractivity contribution in [2.75, 3.05) is 13.1 Å². The lowest BCUT2D eigenvalue weighted by Crippen LogP contribution is -2.28. The standard InChI is InChI=1S/C21H22N4O2/c1-21(2,27)15-5-4-14-10-19(26)18(12-22)20(17(14)11-15)24-9-6-16(13-24)25-8-3-7-23-25/h3-5,7-8,11,16,27H,6,9-10,13H2,1-2H3/t16-/m1/s1. The molecule has 1 aliphatic carbocycles. The summed E-state index contributed by atoms with van der Waals surface area (Å²) in [5, 5.41) is 24.4. The Labute approximate surface area is 158 Å². The van der Waals surface area contributed by atoms with Gasteiger partial charge in [0, 0.05) is 37.5 Å². The van der Waals surface area contributed by atoms with E-state index in [0.29, 0.717) is 12.2 Å². The fraction of sp³-hybridized carbons (Fsp3) is 0.381. The predicted molar refractivity (Wildman–Crippen MR) is 100 cm³/mol. The largest absolute Gasteiger partial charge is 0.386 e. The Morgan fingerprint density at radius 1 is 1.37 bits per heavy atom. The summed E-state index contributed by atoms with van der Waals surface area (Å²) in [5.41, 5.74) is 2.49. The van der Waals surface area contributed by atoms with Gasteiger partial charge in [-0.3, -0.25) is 9.48 Å². The number of allylic oxidation sites excluding steroid dienone is 1. The maximum absolute atomic E-state index is 12.6. The molecule has 1 atom stereocenters. The molecule has 1 aliphatic heterocycles. The number of Topliss-reactive ketones (excluding diaryl/α,β-unsaturated/α-hetero) is 1. The first-order valence-electron chi connectivity index (χ1n) is 9.16. The number of carbonyl (C=O) groups excluding carboxylic acids is 1. The lowest BCUT2D eigenvalue weighted by molar-refractivity contribution is -0.114. The fourth-order valence-corrected chi connectivity index (χ4v) is 3.96. The highest BCUT2D eigenvalue weighted by atomic mass is 16.3. The van der Waals surface area contributed by atoms with E-state index in [9.17, 15) is 15.2 Å². The van der Waals surface area contributed by atoms with Crippen LogP contribution in [-0.2, 0) is 16.8 Å². The number of likely N-dealkylation sites (tertiary alicyclic amines) is 1. The summed E-state index contributed by atoms with van der Waals surface area (Å²) in [5.74, 6) is -0.140. The number of fused-ring (bicyclic) bond motifs is 1. The van der Waals surface area contributed by atoms with Gasteiger partial charge in [0.2, 0.25) is 0 Å². The lowest BCUT2D eigenvalue weighted by Gasteiger charge is -2.30. The van der Waals surface area contributed by atoms with Crippen LogP contribution in [0.3, 0.4) is 0 Å². The minimum Gasteiger partial charge on any atom is -0.386 e. The number of hydrogen-bond acceptors (Lipinski definition) is 5. The smallest absolute Gasteiger partial charge is 0.179 e. The second-order valence-corrected chi connectivity index (χ2v) is 7.74. The van der Waals surface area contributed by atoms with Crippen molar-refractivity contribution < 1.29 is 9.90 Å². The van der Waals surface area contributed by atoms with E-state index in [-0.39, 0.29) is 23.8 Å². The van der Waals surface area contributed by atoms with E-state index < -0.39 is 5.60 Å². The van der Waals surface area contributed by atoms with Crippen LogP contribution < -0.4 is 0 Å². The Kier molecular flexibility index (Phi) is 4.12. The van der Waals surface area contributed by atoms with Gasteiger partial charge in [-0.1, -0.05) is 12.1 Å². The molecule has 6 heteroatoms. The van der Waals surface area contributed by atoms with Crippen LogP contribution in [0.4, 0.5) is 0 Å². The molecule has 0 saturated carbocycles. The maximum Gasteiger partial charge on any atom is 0.179 e. The van der Waals surface area contributed by atoms with E-state index in [1.165, 1.54) is 0 Å². The van der Waals surface area contributed by atoms with Crippen molar-refractivity contribution >= 4 is 11.5 Å². The average molecular weight is 362 g/mol. The molecular formula is C21H22N4O2. The van der Waals surface area contributed by atoms with Crippen molar-refractivity contribution in [2.45, 2.75) is 38.3 Å². The molecular weight excluding hydrogens is 340 g/mol. The third kappa shape index (κ3) is 3.04. The number of aliphatic hydroxyl groups is 1. The molecule has 1 saturated heterocycles. The number of aromatic nitrogens is 2. The van der Waals surface area contributed by atoms with Gasteiger partial charge in [-0.2, -0.15) is 10.4 Å². The fourth-order valence-electron chi connectivity index (χ4n) is 3.96. The van der Waals surface area contributed by atoms with Crippen molar-refractivity contribution in [3.05, 3.63) is 58.9 Å². The van der Waals surface area contributed by atoms with Crippen LogP contribution in [0.2, 0.25) is 0 Å². The van der Waals surface area contributed by atoms with Gasteiger partial charge in [0.1, 0.15) is 11.6 Å². The molecule has 2 heterocycles. The monoisotopic (exact) mass is 362 g/mol. The van der Waals surface area contributed by atoms with E-state index in [1.807, 2.05) is 35.1 Å². The first kappa shape index (κ1) is 17.5. The second-order valence-electron chi connectivity index (χ2n) is 7.74. The van der Waals surface area contributed by atoms with Gasteiger partial charge in [-0.15, -0.1) is 0 Å². The normalized spacial score (nSPS) is 20.0. The molecule has 0 spiro atoms. The number of nitrogens with zero attached hydrogens (tertiary/aromatic N) is 4. The first-order valence-corrected chi connectivity index (χ1v) is 9.16. The van der Waals surface area contributed by atoms with Gasteiger partial charge in [-0.05, 0) is 43.5 Å². The highest BCUT2D eigenvalue weighted by molar-refractivity contribution is 6.10. The second kappa shape index (κ2) is 6.36. The van der Waals surface area contributed by atoms with E-state index in [1.54, 1.807) is 20.0 Å². The zero-order valence-electron chi connectivity index (χ0n) is 15.5. The predicted octanol–water partition coefficient (Wildman–Crippen LogP) is 2.42. The number of hydrogen-bond donors (Lipinski definition) is 1. The number of rotatable bonds is 3. The molecule has 0 unspecified atom stereocenters. The quantitative estimate of drug-likeness (QED) is 0.907. The van der Waals surface area contributed by atoms with Gasteiger partial charge in [0.25, 0.3) is 0 Å². The molecule has 1 aromatic carbocycles. The van der Waals surface area contributed by atoms with Gasteiger partial charge >= 0.3 is 0 Å². The summed E-state index contributed by atoms with van der Waals surface area (Å²) in [4.78, 5) is 14.7. The topological polar surface area (TPSA) is 82.2 Å². The Hall–Kier alpha value is -2.91. The van der Waals surface area contributed by atoms with E-state index in [4.69, 9.17) is 0 Å². The lowest BCUT2D eigenvalue weighted by atomic mass is 9.85. The summed E-state index contributed by atoms with van der Waals surface area (Å²) in [7, 11) is 0. The third-order valence-corrected chi connectivity index (χ3v) is 5.43. The number of ketones is 1. The highest BCUT2D eigenvalue weighted by Gasteiger charge is 2.34. The van der Waals surface area contributed by atoms with Crippen molar-refractivity contribution in [3.8, 4) is 6.07 Å². The molecule has 2 aromatic rings. The highest BCUT2D eigenvalue weighted by Crippen LogP contribution is 2.38. The Morgan fingerprint density at radius 2 is 2.19 bits per heavy atom. The van der Waals surface area contributed by atoms with Crippen LogP contribution in [0, 0.1) is 11.3 Å².